The number of fused-ring (bicyclic) bond motifs is 1. The molecular weight excluding hydrogens is 554 g/mol. The summed E-state index contributed by atoms with van der Waals surface area (Å²) in [5, 5.41) is 17.4. The average Bonchev–Trinajstić information content (AvgIpc) is 2.97. The molecule has 0 spiro atoms. The van der Waals surface area contributed by atoms with Crippen LogP contribution in [0.3, 0.4) is 0 Å². The highest BCUT2D eigenvalue weighted by molar-refractivity contribution is 6.03. The Hall–Kier alpha value is -4.72. The topological polar surface area (TPSA) is 123 Å². The van der Waals surface area contributed by atoms with Gasteiger partial charge >= 0.3 is 0 Å². The number of carbonyl (C=O) groups excluding carboxylic acids is 2. The molecule has 0 aliphatic carbocycles. The minimum Gasteiger partial charge on any atom is -0.506 e. The fourth-order valence-electron chi connectivity index (χ4n) is 5.55. The molecule has 0 atom stereocenters. The molecule has 8 heteroatoms. The number of aromatic hydroxyl groups is 1. The molecule has 0 heterocycles. The number of nitrogens with one attached hydrogen (secondary N) is 2. The molecular formula is C36H43N3O5. The lowest BCUT2D eigenvalue weighted by molar-refractivity contribution is 0.0926. The van der Waals surface area contributed by atoms with Gasteiger partial charge in [0.15, 0.2) is 0 Å². The Labute approximate surface area is 259 Å². The van der Waals surface area contributed by atoms with Crippen LogP contribution < -0.4 is 25.8 Å². The van der Waals surface area contributed by atoms with Crippen LogP contribution in [-0.2, 0) is 5.41 Å². The van der Waals surface area contributed by atoms with Crippen molar-refractivity contribution in [2.45, 2.75) is 46.5 Å². The standard InChI is InChI=1S/C36H43N3O5/c1-35(2,3)23-36(4,5)26-12-14-27(15-13-26)43-20-21-44-31-17-11-25(22-30(31)37)33(41)38-18-19-39-34(42)29-16-10-24-8-6-7-9-28(24)32(29)40/h6-17,22,40H,18-21,23,37H2,1-5H3,(H,38,41)(H,39,42). The Morgan fingerprint density at radius 1 is 0.795 bits per heavy atom. The van der Waals surface area contributed by atoms with Gasteiger partial charge in [0.25, 0.3) is 11.8 Å². The normalized spacial score (nSPS) is 11.7. The molecule has 0 aliphatic heterocycles. The molecule has 0 unspecified atom stereocenters. The van der Waals surface area contributed by atoms with Crippen LogP contribution in [0.25, 0.3) is 10.8 Å². The first-order valence-corrected chi connectivity index (χ1v) is 14.9. The Morgan fingerprint density at radius 2 is 1.45 bits per heavy atom. The van der Waals surface area contributed by atoms with E-state index in [1.807, 2.05) is 24.3 Å². The molecule has 0 bridgehead atoms. The number of hydrogen-bond donors (Lipinski definition) is 4. The highest BCUT2D eigenvalue weighted by Crippen LogP contribution is 2.36. The number of anilines is 1. The molecule has 4 aromatic carbocycles. The molecule has 0 aliphatic rings. The van der Waals surface area contributed by atoms with E-state index in [4.69, 9.17) is 15.2 Å². The number of phenols is 1. The fourth-order valence-corrected chi connectivity index (χ4v) is 5.55. The van der Waals surface area contributed by atoms with Crippen LogP contribution in [0.4, 0.5) is 5.69 Å². The minimum atomic E-state index is -0.422. The van der Waals surface area contributed by atoms with E-state index in [9.17, 15) is 14.7 Å². The van der Waals surface area contributed by atoms with Crippen molar-refractivity contribution in [3.63, 3.8) is 0 Å². The van der Waals surface area contributed by atoms with E-state index in [0.29, 0.717) is 35.6 Å². The number of carbonyl (C=O) groups is 2. The van der Waals surface area contributed by atoms with Gasteiger partial charge in [0.2, 0.25) is 0 Å². The second-order valence-electron chi connectivity index (χ2n) is 12.8. The summed E-state index contributed by atoms with van der Waals surface area (Å²) in [6, 6.07) is 23.7. The number of phenolic OH excluding ortho intramolecular Hbond substituents is 1. The van der Waals surface area contributed by atoms with Crippen molar-refractivity contribution in [1.82, 2.24) is 10.6 Å². The van der Waals surface area contributed by atoms with E-state index in [-0.39, 0.29) is 41.1 Å². The third-order valence-electron chi connectivity index (χ3n) is 7.33. The van der Waals surface area contributed by atoms with Gasteiger partial charge in [-0.15, -0.1) is 0 Å². The van der Waals surface area contributed by atoms with E-state index >= 15 is 0 Å². The molecule has 0 fully saturated rings. The van der Waals surface area contributed by atoms with Crippen LogP contribution in [0.5, 0.6) is 17.2 Å². The van der Waals surface area contributed by atoms with Gasteiger partial charge in [-0.3, -0.25) is 9.59 Å². The van der Waals surface area contributed by atoms with Gasteiger partial charge in [-0.25, -0.2) is 0 Å². The summed E-state index contributed by atoms with van der Waals surface area (Å²) in [5.41, 5.74) is 8.61. The van der Waals surface area contributed by atoms with Gasteiger partial charge in [0.05, 0.1) is 11.3 Å². The van der Waals surface area contributed by atoms with E-state index in [1.165, 1.54) is 5.56 Å². The van der Waals surface area contributed by atoms with Crippen LogP contribution in [0.15, 0.2) is 78.9 Å². The monoisotopic (exact) mass is 597 g/mol. The van der Waals surface area contributed by atoms with E-state index < -0.39 is 5.91 Å². The second kappa shape index (κ2) is 13.7. The number of amides is 2. The summed E-state index contributed by atoms with van der Waals surface area (Å²) in [4.78, 5) is 25.2. The van der Waals surface area contributed by atoms with Crippen LogP contribution in [0.1, 0.15) is 67.3 Å². The van der Waals surface area contributed by atoms with Crippen molar-refractivity contribution in [2.75, 3.05) is 32.0 Å². The van der Waals surface area contributed by atoms with Crippen LogP contribution in [0.2, 0.25) is 0 Å². The third-order valence-corrected chi connectivity index (χ3v) is 7.33. The van der Waals surface area contributed by atoms with Gasteiger partial charge in [-0.2, -0.15) is 0 Å². The van der Waals surface area contributed by atoms with Gasteiger partial charge in [-0.1, -0.05) is 77.1 Å². The molecule has 44 heavy (non-hydrogen) atoms. The zero-order chi connectivity index (χ0) is 31.9. The molecule has 8 nitrogen and oxygen atoms in total. The highest BCUT2D eigenvalue weighted by atomic mass is 16.5. The Balaban J connectivity index is 1.19. The molecule has 232 valence electrons. The first-order chi connectivity index (χ1) is 20.8. The molecule has 0 aromatic heterocycles. The third kappa shape index (κ3) is 8.43. The Bertz CT molecular complexity index is 1610. The zero-order valence-electron chi connectivity index (χ0n) is 26.2. The SMILES string of the molecule is CC(C)(C)CC(C)(C)c1ccc(OCCOc2ccc(C(=O)NCCNC(=O)c3ccc4ccccc4c3O)cc2N)cc1. The van der Waals surface area contributed by atoms with E-state index in [0.717, 1.165) is 17.6 Å². The molecule has 4 aromatic rings. The predicted octanol–water partition coefficient (Wildman–Crippen LogP) is 6.46. The van der Waals surface area contributed by atoms with Crippen molar-refractivity contribution >= 4 is 28.3 Å². The van der Waals surface area contributed by atoms with Crippen molar-refractivity contribution in [2.24, 2.45) is 5.41 Å². The first-order valence-electron chi connectivity index (χ1n) is 14.9. The average molecular weight is 598 g/mol. The lowest BCUT2D eigenvalue weighted by atomic mass is 9.72. The summed E-state index contributed by atoms with van der Waals surface area (Å²) in [6.45, 7) is 12.3. The van der Waals surface area contributed by atoms with Gasteiger partial charge in [0.1, 0.15) is 30.5 Å². The smallest absolute Gasteiger partial charge is 0.255 e. The number of nitrogens with two attached hydrogens (primary N) is 1. The van der Waals surface area contributed by atoms with Crippen molar-refractivity contribution in [1.29, 1.82) is 0 Å². The maximum absolute atomic E-state index is 12.6. The van der Waals surface area contributed by atoms with E-state index in [1.54, 1.807) is 42.5 Å². The molecule has 0 saturated carbocycles. The number of nitrogen functional groups attached to an aromatic ring is 1. The lowest BCUT2D eigenvalue weighted by Gasteiger charge is -2.33. The highest BCUT2D eigenvalue weighted by Gasteiger charge is 2.27. The number of hydrogen-bond acceptors (Lipinski definition) is 6. The molecule has 4 rings (SSSR count). The Morgan fingerprint density at radius 3 is 2.14 bits per heavy atom. The van der Waals surface area contributed by atoms with Crippen LogP contribution in [-0.4, -0.2) is 43.2 Å². The molecule has 2 amide bonds. The predicted molar refractivity (Wildman–Crippen MR) is 176 cm³/mol. The second-order valence-corrected chi connectivity index (χ2v) is 12.8. The largest absolute Gasteiger partial charge is 0.506 e. The van der Waals surface area contributed by atoms with Crippen LogP contribution in [0, 0.1) is 5.41 Å². The zero-order valence-corrected chi connectivity index (χ0v) is 26.2. The number of benzene rings is 4. The quantitative estimate of drug-likeness (QED) is 0.110. The molecule has 5 N–H and O–H groups in total. The maximum Gasteiger partial charge on any atom is 0.255 e. The summed E-state index contributed by atoms with van der Waals surface area (Å²) in [7, 11) is 0. The van der Waals surface area contributed by atoms with Crippen molar-refractivity contribution < 1.29 is 24.2 Å². The van der Waals surface area contributed by atoms with Gasteiger partial charge in [-0.05, 0) is 64.6 Å². The van der Waals surface area contributed by atoms with E-state index in [2.05, 4.69) is 57.4 Å². The summed E-state index contributed by atoms with van der Waals surface area (Å²) in [5.74, 6) is 0.415. The number of rotatable bonds is 12. The first kappa shape index (κ1) is 32.2. The summed E-state index contributed by atoms with van der Waals surface area (Å²) in [6.07, 6.45) is 1.08. The summed E-state index contributed by atoms with van der Waals surface area (Å²) >= 11 is 0. The van der Waals surface area contributed by atoms with Crippen LogP contribution >= 0.6 is 0 Å². The van der Waals surface area contributed by atoms with Gasteiger partial charge < -0.3 is 30.9 Å². The fraction of sp³-hybridized carbons (Fsp3) is 0.333. The molecule has 0 saturated heterocycles. The number of ether oxygens (including phenoxy) is 2. The Kier molecular flexibility index (Phi) is 10.0. The maximum atomic E-state index is 12.6. The minimum absolute atomic E-state index is 0.0692. The summed E-state index contributed by atoms with van der Waals surface area (Å²) < 4.78 is 11.6. The molecule has 0 radical (unpaired) electrons. The lowest BCUT2D eigenvalue weighted by Crippen LogP contribution is -2.34. The van der Waals surface area contributed by atoms with Gasteiger partial charge in [0, 0.05) is 24.0 Å². The van der Waals surface area contributed by atoms with Crippen molar-refractivity contribution in [3.05, 3.63) is 95.6 Å². The van der Waals surface area contributed by atoms with Crippen molar-refractivity contribution in [3.8, 4) is 17.2 Å².